The van der Waals surface area contributed by atoms with Gasteiger partial charge in [0.2, 0.25) is 5.91 Å². The van der Waals surface area contributed by atoms with E-state index in [4.69, 9.17) is 0 Å². The Morgan fingerprint density at radius 3 is 2.78 bits per heavy atom. The number of nitrogens with two attached hydrogens (primary N) is 1. The van der Waals surface area contributed by atoms with Crippen molar-refractivity contribution in [3.05, 3.63) is 0 Å². The summed E-state index contributed by atoms with van der Waals surface area (Å²) in [6, 6.07) is 0. The van der Waals surface area contributed by atoms with Gasteiger partial charge in [0.1, 0.15) is 0 Å². The first-order valence-corrected chi connectivity index (χ1v) is 3.94. The highest BCUT2D eigenvalue weighted by Gasteiger charge is 1.91. The molecule has 9 heavy (non-hydrogen) atoms. The quantitative estimate of drug-likeness (QED) is 0.395. The summed E-state index contributed by atoms with van der Waals surface area (Å²) in [5.74, 6) is -0.605. The fourth-order valence-corrected chi connectivity index (χ4v) is 0.912. The summed E-state index contributed by atoms with van der Waals surface area (Å²) in [4.78, 5) is 9.94. The largest absolute Gasteiger partial charge is 0.759 e. The van der Waals surface area contributed by atoms with Crippen LogP contribution in [0.1, 0.15) is 0 Å². The summed E-state index contributed by atoms with van der Waals surface area (Å²) in [6.07, 6.45) is 0. The molecule has 0 radical (unpaired) electrons. The van der Waals surface area contributed by atoms with E-state index in [1.807, 2.05) is 4.13 Å². The Hall–Kier alpha value is -0.110. The fraction of sp³-hybridized carbons (Fsp3) is 0.500. The third-order valence-electron chi connectivity index (χ3n) is 0.341. The smallest absolute Gasteiger partial charge is 0.228 e. The number of rotatable bonds is 4. The van der Waals surface area contributed by atoms with Crippen LogP contribution in [0.25, 0.3) is 0 Å². The molecule has 0 aromatic carbocycles. The molecule has 0 fully saturated rings. The normalized spacial score (nSPS) is 13.0. The zero-order valence-corrected chi connectivity index (χ0v) is 5.96. The number of carbonyl (C=O) groups excluding carboxylic acids is 1. The highest BCUT2D eigenvalue weighted by molar-refractivity contribution is 8.06. The second-order valence-corrected chi connectivity index (χ2v) is 2.79. The summed E-state index contributed by atoms with van der Waals surface area (Å²) in [6.45, 7) is 0. The van der Waals surface area contributed by atoms with Crippen molar-refractivity contribution in [2.24, 2.45) is 5.73 Å². The lowest BCUT2D eigenvalue weighted by atomic mass is 10.8. The van der Waals surface area contributed by atoms with E-state index in [-0.39, 0.29) is 5.75 Å². The van der Waals surface area contributed by atoms with Gasteiger partial charge in [-0.05, 0) is 0 Å². The molecule has 1 amide bonds. The molecule has 0 bridgehead atoms. The Morgan fingerprint density at radius 2 is 2.44 bits per heavy atom. The molecule has 0 aliphatic rings. The van der Waals surface area contributed by atoms with E-state index in [1.165, 1.54) is 0 Å². The zero-order valence-electron chi connectivity index (χ0n) is 4.33. The fourth-order valence-electron chi connectivity index (χ4n) is 0.149. The van der Waals surface area contributed by atoms with E-state index >= 15 is 0 Å². The molecule has 54 valence electrons. The van der Waals surface area contributed by atoms with E-state index < -0.39 is 17.2 Å². The average Bonchev–Trinajstić information content (AvgIpc) is 1.63. The maximum absolute atomic E-state index is 9.94. The molecular weight excluding hydrogens is 164 g/mol. The molecule has 0 aliphatic heterocycles. The molecule has 0 aliphatic carbocycles. The van der Waals surface area contributed by atoms with Gasteiger partial charge in [0.25, 0.3) is 0 Å². The molecule has 0 saturated heterocycles. The van der Waals surface area contributed by atoms with Crippen LogP contribution in [0, 0.1) is 0 Å². The van der Waals surface area contributed by atoms with Crippen molar-refractivity contribution in [3.63, 3.8) is 0 Å². The lowest BCUT2D eigenvalue weighted by molar-refractivity contribution is -0.115. The minimum atomic E-state index is -2.33. The van der Waals surface area contributed by atoms with Gasteiger partial charge in [-0.25, -0.2) is 0 Å². The van der Waals surface area contributed by atoms with Crippen molar-refractivity contribution in [3.8, 4) is 0 Å². The molecule has 1 unspecified atom stereocenters. The Labute approximate surface area is 58.9 Å². The van der Waals surface area contributed by atoms with Crippen molar-refractivity contribution >= 4 is 29.1 Å². The number of hydrogen-bond donors (Lipinski definition) is 2. The first kappa shape index (κ1) is 8.89. The Kier molecular flexibility index (Phi) is 4.68. The zero-order chi connectivity index (χ0) is 7.28. The molecule has 0 rings (SSSR count). The maximum atomic E-state index is 9.94. The lowest BCUT2D eigenvalue weighted by Crippen LogP contribution is -2.17. The van der Waals surface area contributed by atoms with E-state index in [2.05, 4.69) is 5.73 Å². The van der Waals surface area contributed by atoms with Crippen molar-refractivity contribution in [1.82, 2.24) is 4.13 Å². The third kappa shape index (κ3) is 7.89. The highest BCUT2D eigenvalue weighted by atomic mass is 32.3. The predicted molar refractivity (Wildman–Crippen MR) is 33.7 cm³/mol. The molecule has 0 spiro atoms. The molecule has 5 nitrogen and oxygen atoms in total. The summed E-state index contributed by atoms with van der Waals surface area (Å²) < 4.78 is 21.3. The Balaban J connectivity index is 3.10. The summed E-state index contributed by atoms with van der Waals surface area (Å²) >= 11 is -1.59. The van der Waals surface area contributed by atoms with Crippen molar-refractivity contribution in [2.75, 3.05) is 5.75 Å². The summed E-state index contributed by atoms with van der Waals surface area (Å²) in [5, 5.41) is 0. The first-order chi connectivity index (χ1) is 4.13. The molecular formula is C2H5N2O3S2-. The number of hydrogen-bond acceptors (Lipinski definition) is 4. The second kappa shape index (κ2) is 4.74. The van der Waals surface area contributed by atoms with Gasteiger partial charge in [-0.3, -0.25) is 9.00 Å². The summed E-state index contributed by atoms with van der Waals surface area (Å²) in [7, 11) is 0. The maximum Gasteiger partial charge on any atom is 0.228 e. The minimum Gasteiger partial charge on any atom is -0.759 e. The van der Waals surface area contributed by atoms with Crippen LogP contribution in [0.4, 0.5) is 0 Å². The topological polar surface area (TPSA) is 95.2 Å². The molecule has 7 heteroatoms. The van der Waals surface area contributed by atoms with Crippen LogP contribution in [0.15, 0.2) is 0 Å². The molecule has 0 saturated carbocycles. The van der Waals surface area contributed by atoms with Gasteiger partial charge in [0.15, 0.2) is 0 Å². The van der Waals surface area contributed by atoms with Gasteiger partial charge < -0.3 is 10.3 Å². The van der Waals surface area contributed by atoms with Crippen LogP contribution in [-0.2, 0) is 16.1 Å². The van der Waals surface area contributed by atoms with Crippen molar-refractivity contribution in [2.45, 2.75) is 0 Å². The molecule has 1 atom stereocenters. The predicted octanol–water partition coefficient (Wildman–Crippen LogP) is -1.50. The van der Waals surface area contributed by atoms with Gasteiger partial charge in [-0.2, -0.15) is 4.13 Å². The van der Waals surface area contributed by atoms with Gasteiger partial charge in [0.05, 0.1) is 5.75 Å². The number of nitrogens with one attached hydrogen (secondary N) is 1. The van der Waals surface area contributed by atoms with Gasteiger partial charge >= 0.3 is 0 Å². The van der Waals surface area contributed by atoms with Crippen LogP contribution in [0.2, 0.25) is 0 Å². The van der Waals surface area contributed by atoms with Crippen LogP contribution in [0.3, 0.4) is 0 Å². The molecule has 0 aromatic heterocycles. The summed E-state index contributed by atoms with van der Waals surface area (Å²) in [5.41, 5.74) is 4.68. The van der Waals surface area contributed by atoms with Crippen LogP contribution in [0.5, 0.6) is 0 Å². The van der Waals surface area contributed by atoms with Gasteiger partial charge in [-0.15, -0.1) is 0 Å². The number of amides is 1. The molecule has 3 N–H and O–H groups in total. The second-order valence-electron chi connectivity index (χ2n) is 1.07. The SMILES string of the molecule is NC(=O)CSNS(=O)[O-]. The first-order valence-electron chi connectivity index (χ1n) is 1.88. The molecule has 0 heterocycles. The Morgan fingerprint density at radius 1 is 1.89 bits per heavy atom. The van der Waals surface area contributed by atoms with Crippen molar-refractivity contribution in [1.29, 1.82) is 0 Å². The van der Waals surface area contributed by atoms with E-state index in [0.717, 1.165) is 11.9 Å². The minimum absolute atomic E-state index is 0.0476. The molecule has 0 aromatic rings. The number of primary amides is 1. The Bertz CT molecular complexity index is 113. The van der Waals surface area contributed by atoms with Gasteiger partial charge in [-0.1, -0.05) is 11.9 Å². The third-order valence-corrected chi connectivity index (χ3v) is 1.79. The van der Waals surface area contributed by atoms with Crippen LogP contribution >= 0.6 is 11.9 Å². The lowest BCUT2D eigenvalue weighted by Gasteiger charge is -2.02. The number of carbonyl (C=O) groups is 1. The van der Waals surface area contributed by atoms with Gasteiger partial charge in [0, 0.05) is 11.3 Å². The standard InChI is InChI=1S/C2H6N2O3S2/c3-2(5)1-8-4-9(6)7/h4H,1H2,(H2,3,5)(H,6,7)/p-1. The van der Waals surface area contributed by atoms with E-state index in [9.17, 15) is 13.6 Å². The monoisotopic (exact) mass is 169 g/mol. The van der Waals surface area contributed by atoms with E-state index in [0.29, 0.717) is 0 Å². The average molecular weight is 169 g/mol. The van der Waals surface area contributed by atoms with Crippen LogP contribution in [-0.4, -0.2) is 20.4 Å². The van der Waals surface area contributed by atoms with Crippen molar-refractivity contribution < 1.29 is 13.6 Å². The van der Waals surface area contributed by atoms with E-state index in [1.54, 1.807) is 0 Å². The van der Waals surface area contributed by atoms with Crippen LogP contribution < -0.4 is 9.86 Å². The highest BCUT2D eigenvalue weighted by Crippen LogP contribution is 1.90.